The van der Waals surface area contributed by atoms with Crippen LogP contribution < -0.4 is 4.74 Å². The van der Waals surface area contributed by atoms with Gasteiger partial charge >= 0.3 is 0 Å². The lowest BCUT2D eigenvalue weighted by Crippen LogP contribution is -2.25. The minimum Gasteiger partial charge on any atom is -0.497 e. The highest BCUT2D eigenvalue weighted by Crippen LogP contribution is 2.38. The van der Waals surface area contributed by atoms with Crippen LogP contribution >= 0.6 is 15.9 Å². The summed E-state index contributed by atoms with van der Waals surface area (Å²) in [5, 5.41) is 0. The number of halogens is 1. The van der Waals surface area contributed by atoms with Gasteiger partial charge in [0.05, 0.1) is 13.0 Å². The Morgan fingerprint density at radius 1 is 1.26 bits per heavy atom. The maximum absolute atomic E-state index is 12.5. The lowest BCUT2D eigenvalue weighted by molar-refractivity contribution is 0.0948. The van der Waals surface area contributed by atoms with Crippen LogP contribution in [0.15, 0.2) is 46.9 Å². The minimum atomic E-state index is 0.000829. The lowest BCUT2D eigenvalue weighted by Gasteiger charge is -2.29. The number of Topliss-reactive ketones (excluding diaryl/α,β-unsaturated/α-hetero) is 1. The molecule has 1 aliphatic rings. The fraction of sp³-hybridized carbons (Fsp3) is 0.188. The SMILES string of the molecule is COc1ccc(C(=O)C2Cc3ccccc32)c(Br)c1. The second-order valence-electron chi connectivity index (χ2n) is 4.67. The van der Waals surface area contributed by atoms with Gasteiger partial charge in [-0.05, 0) is 51.7 Å². The van der Waals surface area contributed by atoms with Crippen molar-refractivity contribution in [3.8, 4) is 5.75 Å². The number of hydrogen-bond acceptors (Lipinski definition) is 2. The van der Waals surface area contributed by atoms with Crippen molar-refractivity contribution >= 4 is 21.7 Å². The summed E-state index contributed by atoms with van der Waals surface area (Å²) in [5.74, 6) is 0.923. The summed E-state index contributed by atoms with van der Waals surface area (Å²) in [6.07, 6.45) is 0.841. The van der Waals surface area contributed by atoms with Crippen LogP contribution in [0, 0.1) is 0 Å². The molecule has 0 fully saturated rings. The zero-order chi connectivity index (χ0) is 13.4. The lowest BCUT2D eigenvalue weighted by atomic mass is 9.74. The van der Waals surface area contributed by atoms with Crippen LogP contribution in [0.5, 0.6) is 5.75 Å². The largest absolute Gasteiger partial charge is 0.497 e. The summed E-state index contributed by atoms with van der Waals surface area (Å²) in [6.45, 7) is 0. The van der Waals surface area contributed by atoms with Crippen LogP contribution in [0.2, 0.25) is 0 Å². The maximum atomic E-state index is 12.5. The van der Waals surface area contributed by atoms with E-state index in [0.717, 1.165) is 27.8 Å². The standard InChI is InChI=1S/C16H13BrO2/c1-19-11-6-7-13(15(17)9-11)16(18)14-8-10-4-2-3-5-12(10)14/h2-7,9,14H,8H2,1H3. The van der Waals surface area contributed by atoms with Crippen LogP contribution in [0.4, 0.5) is 0 Å². The summed E-state index contributed by atoms with van der Waals surface area (Å²) >= 11 is 3.45. The van der Waals surface area contributed by atoms with Gasteiger partial charge in [0, 0.05) is 10.0 Å². The number of fused-ring (bicyclic) bond motifs is 1. The molecule has 0 N–H and O–H groups in total. The van der Waals surface area contributed by atoms with Crippen molar-refractivity contribution < 1.29 is 9.53 Å². The topological polar surface area (TPSA) is 26.3 Å². The number of benzene rings is 2. The molecule has 0 spiro atoms. The Morgan fingerprint density at radius 3 is 2.74 bits per heavy atom. The molecule has 3 heteroatoms. The summed E-state index contributed by atoms with van der Waals surface area (Å²) < 4.78 is 5.94. The average molecular weight is 317 g/mol. The van der Waals surface area contributed by atoms with Crippen LogP contribution in [-0.2, 0) is 6.42 Å². The molecule has 2 aromatic rings. The molecule has 0 heterocycles. The Kier molecular flexibility index (Phi) is 3.15. The van der Waals surface area contributed by atoms with Crippen molar-refractivity contribution in [2.45, 2.75) is 12.3 Å². The molecule has 19 heavy (non-hydrogen) atoms. The molecule has 2 nitrogen and oxygen atoms in total. The third-order valence-electron chi connectivity index (χ3n) is 3.61. The van der Waals surface area contributed by atoms with Gasteiger partial charge in [-0.25, -0.2) is 0 Å². The minimum absolute atomic E-state index is 0.000829. The number of methoxy groups -OCH3 is 1. The first kappa shape index (κ1) is 12.4. The Hall–Kier alpha value is -1.61. The average Bonchev–Trinajstić information content (AvgIpc) is 2.39. The van der Waals surface area contributed by atoms with E-state index < -0.39 is 0 Å². The molecule has 0 aromatic heterocycles. The molecule has 1 atom stereocenters. The maximum Gasteiger partial charge on any atom is 0.171 e. The number of carbonyl (C=O) groups excluding carboxylic acids is 1. The van der Waals surface area contributed by atoms with Gasteiger partial charge in [-0.15, -0.1) is 0 Å². The molecule has 0 saturated carbocycles. The van der Waals surface area contributed by atoms with E-state index in [9.17, 15) is 4.79 Å². The molecule has 0 amide bonds. The van der Waals surface area contributed by atoms with Crippen LogP contribution in [0.3, 0.4) is 0 Å². The van der Waals surface area contributed by atoms with Crippen LogP contribution in [0.1, 0.15) is 27.4 Å². The summed E-state index contributed by atoms with van der Waals surface area (Å²) in [6, 6.07) is 13.6. The smallest absolute Gasteiger partial charge is 0.171 e. The van der Waals surface area contributed by atoms with E-state index in [4.69, 9.17) is 4.74 Å². The van der Waals surface area contributed by atoms with E-state index in [1.54, 1.807) is 7.11 Å². The van der Waals surface area contributed by atoms with Gasteiger partial charge in [-0.1, -0.05) is 24.3 Å². The Balaban J connectivity index is 1.90. The number of carbonyl (C=O) groups is 1. The number of rotatable bonds is 3. The van der Waals surface area contributed by atoms with Crippen molar-refractivity contribution in [3.05, 3.63) is 63.6 Å². The van der Waals surface area contributed by atoms with Gasteiger partial charge in [0.1, 0.15) is 5.75 Å². The predicted molar refractivity (Wildman–Crippen MR) is 77.9 cm³/mol. The normalized spacial score (nSPS) is 16.4. The highest BCUT2D eigenvalue weighted by molar-refractivity contribution is 9.10. The molecule has 0 saturated heterocycles. The van der Waals surface area contributed by atoms with E-state index >= 15 is 0 Å². The van der Waals surface area contributed by atoms with Gasteiger partial charge < -0.3 is 4.74 Å². The zero-order valence-electron chi connectivity index (χ0n) is 10.5. The van der Waals surface area contributed by atoms with Crippen LogP contribution in [0.25, 0.3) is 0 Å². The van der Waals surface area contributed by atoms with Gasteiger partial charge in [0.25, 0.3) is 0 Å². The number of ether oxygens (including phenoxy) is 1. The molecule has 1 unspecified atom stereocenters. The predicted octanol–water partition coefficient (Wildman–Crippen LogP) is 3.98. The zero-order valence-corrected chi connectivity index (χ0v) is 12.1. The van der Waals surface area contributed by atoms with Gasteiger partial charge in [0.15, 0.2) is 5.78 Å². The Morgan fingerprint density at radius 2 is 2.05 bits per heavy atom. The van der Waals surface area contributed by atoms with Crippen molar-refractivity contribution in [3.63, 3.8) is 0 Å². The van der Waals surface area contributed by atoms with Crippen molar-refractivity contribution in [2.24, 2.45) is 0 Å². The van der Waals surface area contributed by atoms with Crippen LogP contribution in [-0.4, -0.2) is 12.9 Å². The molecule has 1 aliphatic carbocycles. The summed E-state index contributed by atoms with van der Waals surface area (Å²) in [7, 11) is 1.62. The summed E-state index contributed by atoms with van der Waals surface area (Å²) in [5.41, 5.74) is 3.17. The molecule has 3 rings (SSSR count). The first-order chi connectivity index (χ1) is 9.20. The molecule has 96 valence electrons. The number of hydrogen-bond donors (Lipinski definition) is 0. The Labute approximate surface area is 120 Å². The quantitative estimate of drug-likeness (QED) is 0.801. The summed E-state index contributed by atoms with van der Waals surface area (Å²) in [4.78, 5) is 12.5. The van der Waals surface area contributed by atoms with Crippen molar-refractivity contribution in [1.82, 2.24) is 0 Å². The van der Waals surface area contributed by atoms with Crippen molar-refractivity contribution in [1.29, 1.82) is 0 Å². The second-order valence-corrected chi connectivity index (χ2v) is 5.52. The molecule has 2 aromatic carbocycles. The molecule has 0 bridgehead atoms. The molecular formula is C16H13BrO2. The highest BCUT2D eigenvalue weighted by Gasteiger charge is 2.33. The van der Waals surface area contributed by atoms with E-state index in [0.29, 0.717) is 0 Å². The van der Waals surface area contributed by atoms with E-state index in [-0.39, 0.29) is 11.7 Å². The first-order valence-corrected chi connectivity index (χ1v) is 6.95. The van der Waals surface area contributed by atoms with Gasteiger partial charge in [-0.3, -0.25) is 4.79 Å². The van der Waals surface area contributed by atoms with E-state index in [2.05, 4.69) is 22.0 Å². The van der Waals surface area contributed by atoms with Gasteiger partial charge in [0.2, 0.25) is 0 Å². The third-order valence-corrected chi connectivity index (χ3v) is 4.27. The Bertz CT molecular complexity index is 649. The third kappa shape index (κ3) is 2.08. The molecular weight excluding hydrogens is 304 g/mol. The van der Waals surface area contributed by atoms with Gasteiger partial charge in [-0.2, -0.15) is 0 Å². The second kappa shape index (κ2) is 4.82. The number of ketones is 1. The highest BCUT2D eigenvalue weighted by atomic mass is 79.9. The van der Waals surface area contributed by atoms with Crippen molar-refractivity contribution in [2.75, 3.05) is 7.11 Å². The van der Waals surface area contributed by atoms with E-state index in [1.807, 2.05) is 36.4 Å². The monoisotopic (exact) mass is 316 g/mol. The fourth-order valence-electron chi connectivity index (χ4n) is 2.50. The fourth-order valence-corrected chi connectivity index (χ4v) is 3.06. The first-order valence-electron chi connectivity index (χ1n) is 6.16. The van der Waals surface area contributed by atoms with E-state index in [1.165, 1.54) is 5.56 Å². The molecule has 0 aliphatic heterocycles. The molecule has 0 radical (unpaired) electrons.